The second kappa shape index (κ2) is 5.47. The van der Waals surface area contributed by atoms with Gasteiger partial charge in [-0.1, -0.05) is 18.2 Å². The molecule has 0 bridgehead atoms. The van der Waals surface area contributed by atoms with Crippen molar-refractivity contribution >= 4 is 22.2 Å². The summed E-state index contributed by atoms with van der Waals surface area (Å²) < 4.78 is 0. The highest BCUT2D eigenvalue weighted by Crippen LogP contribution is 2.16. The van der Waals surface area contributed by atoms with Crippen LogP contribution in [-0.2, 0) is 13.1 Å². The third kappa shape index (κ3) is 2.80. The number of aryl methyl sites for hydroxylation is 1. The van der Waals surface area contributed by atoms with Gasteiger partial charge in [0.1, 0.15) is 0 Å². The molecule has 3 aromatic rings. The average Bonchev–Trinajstić information content (AvgIpc) is 2.85. The number of aromatic nitrogens is 2. The fourth-order valence-corrected chi connectivity index (χ4v) is 2.88. The van der Waals surface area contributed by atoms with Crippen molar-refractivity contribution in [1.82, 2.24) is 15.3 Å². The molecule has 3 nitrogen and oxygen atoms in total. The first-order valence-electron chi connectivity index (χ1n) is 6.27. The smallest absolute Gasteiger partial charge is 0.0897 e. The van der Waals surface area contributed by atoms with Crippen LogP contribution < -0.4 is 5.32 Å². The molecule has 2 aromatic heterocycles. The van der Waals surface area contributed by atoms with E-state index in [9.17, 15) is 0 Å². The summed E-state index contributed by atoms with van der Waals surface area (Å²) in [6.07, 6.45) is 3.81. The molecule has 0 atom stereocenters. The molecule has 1 N–H and O–H groups in total. The van der Waals surface area contributed by atoms with Crippen LogP contribution in [0.1, 0.15) is 15.4 Å². The zero-order chi connectivity index (χ0) is 13.1. The summed E-state index contributed by atoms with van der Waals surface area (Å²) in [5.74, 6) is 0. The monoisotopic (exact) mass is 269 g/mol. The van der Waals surface area contributed by atoms with Crippen molar-refractivity contribution in [3.05, 3.63) is 58.2 Å². The van der Waals surface area contributed by atoms with Crippen LogP contribution in [0.5, 0.6) is 0 Å². The van der Waals surface area contributed by atoms with Crippen molar-refractivity contribution < 1.29 is 0 Å². The van der Waals surface area contributed by atoms with Crippen molar-refractivity contribution in [1.29, 1.82) is 0 Å². The minimum Gasteiger partial charge on any atom is -0.308 e. The number of thiazole rings is 1. The van der Waals surface area contributed by atoms with Gasteiger partial charge in [-0.15, -0.1) is 11.3 Å². The Balaban J connectivity index is 1.71. The van der Waals surface area contributed by atoms with Crippen LogP contribution in [0.25, 0.3) is 10.9 Å². The first-order valence-corrected chi connectivity index (χ1v) is 7.09. The van der Waals surface area contributed by atoms with Crippen molar-refractivity contribution in [2.24, 2.45) is 0 Å². The van der Waals surface area contributed by atoms with Gasteiger partial charge in [0, 0.05) is 35.7 Å². The third-order valence-electron chi connectivity index (χ3n) is 3.02. The summed E-state index contributed by atoms with van der Waals surface area (Å²) >= 11 is 1.74. The summed E-state index contributed by atoms with van der Waals surface area (Å²) in [6, 6.07) is 10.3. The van der Waals surface area contributed by atoms with E-state index in [1.165, 1.54) is 15.8 Å². The normalized spacial score (nSPS) is 11.0. The minimum atomic E-state index is 0.847. The van der Waals surface area contributed by atoms with Gasteiger partial charge in [0.25, 0.3) is 0 Å². The summed E-state index contributed by atoms with van der Waals surface area (Å²) in [5, 5.41) is 5.80. The molecule has 96 valence electrons. The van der Waals surface area contributed by atoms with Crippen molar-refractivity contribution in [2.45, 2.75) is 20.0 Å². The Hall–Kier alpha value is -1.78. The highest BCUT2D eigenvalue weighted by molar-refractivity contribution is 7.11. The number of benzene rings is 1. The summed E-state index contributed by atoms with van der Waals surface area (Å²) in [6.45, 7) is 3.74. The van der Waals surface area contributed by atoms with Crippen molar-refractivity contribution in [3.63, 3.8) is 0 Å². The number of nitrogens with one attached hydrogen (secondary N) is 1. The van der Waals surface area contributed by atoms with E-state index < -0.39 is 0 Å². The Morgan fingerprint density at radius 1 is 1.11 bits per heavy atom. The molecule has 0 radical (unpaired) electrons. The number of nitrogens with zero attached hydrogens (tertiary/aromatic N) is 2. The highest BCUT2D eigenvalue weighted by atomic mass is 32.1. The summed E-state index contributed by atoms with van der Waals surface area (Å²) in [5.41, 5.74) is 2.34. The van der Waals surface area contributed by atoms with E-state index >= 15 is 0 Å². The topological polar surface area (TPSA) is 37.8 Å². The quantitative estimate of drug-likeness (QED) is 0.789. The lowest BCUT2D eigenvalue weighted by Gasteiger charge is -2.06. The Morgan fingerprint density at radius 3 is 2.84 bits per heavy atom. The maximum Gasteiger partial charge on any atom is 0.0897 e. The van der Waals surface area contributed by atoms with Crippen LogP contribution in [0.3, 0.4) is 0 Å². The molecule has 1 aromatic carbocycles. The largest absolute Gasteiger partial charge is 0.308 e. The molecule has 0 fully saturated rings. The van der Waals surface area contributed by atoms with E-state index in [1.807, 2.05) is 31.5 Å². The predicted octanol–water partition coefficient (Wildman–Crippen LogP) is 3.29. The Bertz CT molecular complexity index is 685. The Labute approximate surface area is 116 Å². The van der Waals surface area contributed by atoms with Gasteiger partial charge in [0.05, 0.1) is 10.5 Å². The van der Waals surface area contributed by atoms with Gasteiger partial charge in [-0.3, -0.25) is 4.98 Å². The first kappa shape index (κ1) is 12.3. The summed E-state index contributed by atoms with van der Waals surface area (Å²) in [7, 11) is 0. The van der Waals surface area contributed by atoms with Crippen LogP contribution >= 0.6 is 11.3 Å². The fraction of sp³-hybridized carbons (Fsp3) is 0.200. The first-order chi connectivity index (χ1) is 9.33. The number of fused-ring (bicyclic) bond motifs is 1. The average molecular weight is 269 g/mol. The lowest BCUT2D eigenvalue weighted by Crippen LogP contribution is -2.12. The van der Waals surface area contributed by atoms with E-state index in [2.05, 4.69) is 33.5 Å². The molecule has 0 saturated carbocycles. The highest BCUT2D eigenvalue weighted by Gasteiger charge is 2.02. The molecule has 0 aliphatic rings. The van der Waals surface area contributed by atoms with Crippen molar-refractivity contribution in [2.75, 3.05) is 0 Å². The Kier molecular flexibility index (Phi) is 3.53. The van der Waals surface area contributed by atoms with Crippen LogP contribution in [0, 0.1) is 6.92 Å². The van der Waals surface area contributed by atoms with E-state index in [4.69, 9.17) is 0 Å². The molecule has 0 spiro atoms. The molecule has 0 aliphatic carbocycles. The van der Waals surface area contributed by atoms with Gasteiger partial charge in [-0.05, 0) is 24.6 Å². The van der Waals surface area contributed by atoms with Gasteiger partial charge in [-0.2, -0.15) is 0 Å². The van der Waals surface area contributed by atoms with E-state index in [1.54, 1.807) is 11.3 Å². The second-order valence-corrected chi connectivity index (χ2v) is 5.76. The molecule has 4 heteroatoms. The third-order valence-corrected chi connectivity index (χ3v) is 3.94. The molecule has 0 saturated heterocycles. The molecular weight excluding hydrogens is 254 g/mol. The van der Waals surface area contributed by atoms with Gasteiger partial charge in [0.15, 0.2) is 0 Å². The van der Waals surface area contributed by atoms with Crippen LogP contribution in [0.15, 0.2) is 42.7 Å². The lowest BCUT2D eigenvalue weighted by atomic mass is 10.1. The van der Waals surface area contributed by atoms with Gasteiger partial charge < -0.3 is 5.32 Å². The number of para-hydroxylation sites is 1. The summed E-state index contributed by atoms with van der Waals surface area (Å²) in [4.78, 5) is 9.91. The standard InChI is InChI=1S/C15H15N3S/c1-11-18-10-13(19-11)9-16-8-12-6-7-17-15-5-3-2-4-14(12)15/h2-7,10,16H,8-9H2,1H3. The molecule has 0 amide bonds. The Morgan fingerprint density at radius 2 is 2.00 bits per heavy atom. The minimum absolute atomic E-state index is 0.847. The van der Waals surface area contributed by atoms with E-state index in [0.717, 1.165) is 23.6 Å². The maximum atomic E-state index is 4.38. The second-order valence-electron chi connectivity index (χ2n) is 4.44. The molecule has 0 aliphatic heterocycles. The zero-order valence-electron chi connectivity index (χ0n) is 10.8. The number of hydrogen-bond donors (Lipinski definition) is 1. The van der Waals surface area contributed by atoms with Crippen LogP contribution in [0.2, 0.25) is 0 Å². The van der Waals surface area contributed by atoms with E-state index in [0.29, 0.717) is 0 Å². The molecular formula is C15H15N3S. The van der Waals surface area contributed by atoms with Crippen LogP contribution in [0.4, 0.5) is 0 Å². The predicted molar refractivity (Wildman–Crippen MR) is 79.1 cm³/mol. The lowest BCUT2D eigenvalue weighted by molar-refractivity contribution is 0.703. The SMILES string of the molecule is Cc1ncc(CNCc2ccnc3ccccc23)s1. The van der Waals surface area contributed by atoms with Gasteiger partial charge >= 0.3 is 0 Å². The number of hydrogen-bond acceptors (Lipinski definition) is 4. The van der Waals surface area contributed by atoms with Gasteiger partial charge in [-0.25, -0.2) is 4.98 Å². The molecule has 0 unspecified atom stereocenters. The van der Waals surface area contributed by atoms with Crippen LogP contribution in [-0.4, -0.2) is 9.97 Å². The zero-order valence-corrected chi connectivity index (χ0v) is 11.6. The fourth-order valence-electron chi connectivity index (χ4n) is 2.12. The number of pyridine rings is 1. The molecule has 19 heavy (non-hydrogen) atoms. The number of rotatable bonds is 4. The maximum absolute atomic E-state index is 4.38. The van der Waals surface area contributed by atoms with Crippen molar-refractivity contribution in [3.8, 4) is 0 Å². The van der Waals surface area contributed by atoms with E-state index in [-0.39, 0.29) is 0 Å². The molecule has 3 rings (SSSR count). The molecule has 2 heterocycles. The van der Waals surface area contributed by atoms with Gasteiger partial charge in [0.2, 0.25) is 0 Å².